The predicted octanol–water partition coefficient (Wildman–Crippen LogP) is 3.91. The highest BCUT2D eigenvalue weighted by atomic mass is 16.5. The van der Waals surface area contributed by atoms with E-state index in [0.29, 0.717) is 65.7 Å². The van der Waals surface area contributed by atoms with Gasteiger partial charge < -0.3 is 45.7 Å². The van der Waals surface area contributed by atoms with Gasteiger partial charge in [0.2, 0.25) is 0 Å². The first-order valence-corrected chi connectivity index (χ1v) is 16.8. The first kappa shape index (κ1) is 37.2. The summed E-state index contributed by atoms with van der Waals surface area (Å²) < 4.78 is 17.5. The van der Waals surface area contributed by atoms with Gasteiger partial charge in [0.25, 0.3) is 17.7 Å². The van der Waals surface area contributed by atoms with E-state index in [2.05, 4.69) is 22.2 Å². The van der Waals surface area contributed by atoms with Crippen molar-refractivity contribution in [2.75, 3.05) is 77.3 Å². The van der Waals surface area contributed by atoms with Crippen LogP contribution in [0, 0.1) is 6.92 Å². The van der Waals surface area contributed by atoms with Crippen LogP contribution >= 0.6 is 0 Å². The van der Waals surface area contributed by atoms with Crippen LogP contribution < -0.4 is 35.9 Å². The van der Waals surface area contributed by atoms with Gasteiger partial charge in [-0.2, -0.15) is 0 Å². The molecule has 1 aliphatic heterocycles. The molecule has 49 heavy (non-hydrogen) atoms. The average molecular weight is 675 g/mol. The zero-order chi connectivity index (χ0) is 35.3. The minimum atomic E-state index is -0.837. The van der Waals surface area contributed by atoms with Crippen LogP contribution in [0.3, 0.4) is 0 Å². The normalized spacial score (nSPS) is 14.1. The van der Waals surface area contributed by atoms with Crippen LogP contribution in [0.4, 0.5) is 11.4 Å². The van der Waals surface area contributed by atoms with E-state index in [0.717, 1.165) is 51.1 Å². The van der Waals surface area contributed by atoms with Gasteiger partial charge in [-0.1, -0.05) is 18.2 Å². The lowest BCUT2D eigenvalue weighted by Gasteiger charge is -2.32. The number of aryl methyl sites for hydroxylation is 1. The lowest BCUT2D eigenvalue weighted by atomic mass is 10.1. The Balaban J connectivity index is 1.44. The molecule has 0 saturated carbocycles. The topological polar surface area (TPSA) is 153 Å². The molecule has 0 bridgehead atoms. The first-order valence-electron chi connectivity index (χ1n) is 16.8. The molecule has 1 fully saturated rings. The largest absolute Gasteiger partial charge is 0.495 e. The molecule has 0 radical (unpaired) electrons. The van der Waals surface area contributed by atoms with E-state index in [-0.39, 0.29) is 11.8 Å². The molecule has 3 amide bonds. The highest BCUT2D eigenvalue weighted by molar-refractivity contribution is 6.09. The van der Waals surface area contributed by atoms with E-state index in [1.807, 2.05) is 13.0 Å². The molecule has 12 nitrogen and oxygen atoms in total. The van der Waals surface area contributed by atoms with Gasteiger partial charge in [0.1, 0.15) is 17.2 Å². The fraction of sp³-hybridized carbons (Fsp3) is 0.432. The molecule has 0 aliphatic carbocycles. The summed E-state index contributed by atoms with van der Waals surface area (Å²) in [5.74, 6) is -0.134. The van der Waals surface area contributed by atoms with Crippen molar-refractivity contribution in [3.05, 3.63) is 77.4 Å². The van der Waals surface area contributed by atoms with Gasteiger partial charge in [0.15, 0.2) is 6.10 Å². The van der Waals surface area contributed by atoms with E-state index in [4.69, 9.17) is 25.7 Å². The molecule has 1 saturated heterocycles. The highest BCUT2D eigenvalue weighted by Crippen LogP contribution is 2.33. The van der Waals surface area contributed by atoms with Crippen molar-refractivity contribution in [2.45, 2.75) is 38.7 Å². The summed E-state index contributed by atoms with van der Waals surface area (Å²) in [5.41, 5.74) is 13.8. The highest BCUT2D eigenvalue weighted by Gasteiger charge is 2.24. The minimum Gasteiger partial charge on any atom is -0.495 e. The fourth-order valence-corrected chi connectivity index (χ4v) is 5.61. The summed E-state index contributed by atoms with van der Waals surface area (Å²) in [6.45, 7) is 7.96. The van der Waals surface area contributed by atoms with E-state index < -0.39 is 12.0 Å². The number of likely N-dealkylation sites (N-methyl/N-ethyl adjacent to an activating group) is 1. The minimum absolute atomic E-state index is 0.305. The molecule has 3 aromatic rings. The molecule has 4 rings (SSSR count). The number of amides is 3. The molecule has 5 N–H and O–H groups in total. The lowest BCUT2D eigenvalue weighted by Crippen LogP contribution is -2.44. The van der Waals surface area contributed by atoms with Crippen LogP contribution in [0.25, 0.3) is 0 Å². The van der Waals surface area contributed by atoms with E-state index in [1.165, 1.54) is 12.0 Å². The van der Waals surface area contributed by atoms with Gasteiger partial charge in [-0.25, -0.2) is 0 Å². The number of nitrogens with two attached hydrogens (primary N) is 2. The molecule has 1 aliphatic rings. The molecule has 12 heteroatoms. The van der Waals surface area contributed by atoms with Crippen molar-refractivity contribution in [1.29, 1.82) is 0 Å². The number of para-hydroxylation sites is 1. The second kappa shape index (κ2) is 18.2. The maximum Gasteiger partial charge on any atom is 0.259 e. The number of ether oxygens (including phenoxy) is 3. The Labute approximate surface area is 289 Å². The lowest BCUT2D eigenvalue weighted by molar-refractivity contribution is -0.125. The number of carbonyl (C=O) groups excluding carboxylic acids is 3. The maximum absolute atomic E-state index is 13.8. The van der Waals surface area contributed by atoms with Crippen LogP contribution in [-0.4, -0.2) is 101 Å². The quantitative estimate of drug-likeness (QED) is 0.181. The Morgan fingerprint density at radius 2 is 1.69 bits per heavy atom. The smallest absolute Gasteiger partial charge is 0.259 e. The molecule has 3 aromatic carbocycles. The third-order valence-electron chi connectivity index (χ3n) is 8.59. The molecule has 1 atom stereocenters. The van der Waals surface area contributed by atoms with Gasteiger partial charge in [0.05, 0.1) is 30.7 Å². The van der Waals surface area contributed by atoms with Crippen molar-refractivity contribution in [2.24, 2.45) is 11.5 Å². The first-order chi connectivity index (χ1) is 23.6. The maximum atomic E-state index is 13.8. The van der Waals surface area contributed by atoms with E-state index >= 15 is 0 Å². The SMILES string of the molecule is COc1cc(C(=O)N(C)c2ccc(C)cc2OC(CCCCN2CCN(C)CC2)C(N)=O)ccc1NC(=O)c1ccccc1OCCCN. The van der Waals surface area contributed by atoms with Crippen molar-refractivity contribution >= 4 is 29.1 Å². The van der Waals surface area contributed by atoms with Crippen molar-refractivity contribution in [1.82, 2.24) is 9.80 Å². The summed E-state index contributed by atoms with van der Waals surface area (Å²) in [7, 11) is 5.24. The summed E-state index contributed by atoms with van der Waals surface area (Å²) >= 11 is 0. The summed E-state index contributed by atoms with van der Waals surface area (Å²) in [6.07, 6.45) is 2.01. The van der Waals surface area contributed by atoms with Gasteiger partial charge in [-0.3, -0.25) is 14.4 Å². The number of nitrogens with one attached hydrogen (secondary N) is 1. The van der Waals surface area contributed by atoms with Gasteiger partial charge in [-0.15, -0.1) is 0 Å². The number of anilines is 2. The van der Waals surface area contributed by atoms with Crippen LogP contribution in [0.5, 0.6) is 17.2 Å². The fourth-order valence-electron chi connectivity index (χ4n) is 5.61. The average Bonchev–Trinajstić information content (AvgIpc) is 3.10. The molecule has 0 aromatic heterocycles. The van der Waals surface area contributed by atoms with Gasteiger partial charge >= 0.3 is 0 Å². The van der Waals surface area contributed by atoms with Crippen LogP contribution in [0.2, 0.25) is 0 Å². The van der Waals surface area contributed by atoms with Gasteiger partial charge in [-0.05, 0) is 101 Å². The molecule has 0 spiro atoms. The number of hydrogen-bond acceptors (Lipinski definition) is 9. The monoisotopic (exact) mass is 674 g/mol. The Hall–Kier alpha value is -4.65. The van der Waals surface area contributed by atoms with Crippen LogP contribution in [0.1, 0.15) is 52.0 Å². The zero-order valence-electron chi connectivity index (χ0n) is 29.1. The third-order valence-corrected chi connectivity index (χ3v) is 8.59. The standard InChI is InChI=1S/C37H50N6O6/c1-26-13-16-30(34(24-26)49-32(35(39)44)12-7-8-18-43-21-19-41(2)20-22-43)42(3)37(46)27-14-15-29(33(25-27)47-4)40-36(45)28-10-5-6-11-31(28)48-23-9-17-38/h5-6,10-11,13-16,24-25,32H,7-9,12,17-23,38H2,1-4H3,(H2,39,44)(H,40,45). The number of benzene rings is 3. The number of piperazine rings is 1. The van der Waals surface area contributed by atoms with Crippen molar-refractivity contribution < 1.29 is 28.6 Å². The Kier molecular flexibility index (Phi) is 13.8. The molecular formula is C37H50N6O6. The van der Waals surface area contributed by atoms with E-state index in [9.17, 15) is 14.4 Å². The Bertz CT molecular complexity index is 1570. The number of methoxy groups -OCH3 is 1. The van der Waals surface area contributed by atoms with Crippen LogP contribution in [-0.2, 0) is 4.79 Å². The van der Waals surface area contributed by atoms with E-state index in [1.54, 1.807) is 61.6 Å². The molecular weight excluding hydrogens is 624 g/mol. The van der Waals surface area contributed by atoms with Crippen molar-refractivity contribution in [3.63, 3.8) is 0 Å². The Morgan fingerprint density at radius 1 is 0.939 bits per heavy atom. The van der Waals surface area contributed by atoms with Gasteiger partial charge in [0, 0.05) is 38.8 Å². The number of carbonyl (C=O) groups is 3. The predicted molar refractivity (Wildman–Crippen MR) is 192 cm³/mol. The number of nitrogens with zero attached hydrogens (tertiary/aromatic N) is 3. The number of unbranched alkanes of at least 4 members (excludes halogenated alkanes) is 1. The van der Waals surface area contributed by atoms with Crippen LogP contribution in [0.15, 0.2) is 60.7 Å². The second-order valence-electron chi connectivity index (χ2n) is 12.3. The summed E-state index contributed by atoms with van der Waals surface area (Å²) in [4.78, 5) is 45.7. The molecule has 1 unspecified atom stereocenters. The third kappa shape index (κ3) is 10.4. The van der Waals surface area contributed by atoms with Crippen molar-refractivity contribution in [3.8, 4) is 17.2 Å². The number of hydrogen-bond donors (Lipinski definition) is 3. The second-order valence-corrected chi connectivity index (χ2v) is 12.3. The summed E-state index contributed by atoms with van der Waals surface area (Å²) in [6, 6.07) is 17.2. The molecule has 264 valence electrons. The number of rotatable bonds is 17. The molecule has 1 heterocycles. The zero-order valence-corrected chi connectivity index (χ0v) is 29.1. The summed E-state index contributed by atoms with van der Waals surface area (Å²) in [5, 5.41) is 2.86. The number of primary amides is 1. The Morgan fingerprint density at radius 3 is 2.41 bits per heavy atom.